The molecule has 1 amide bonds. The topological polar surface area (TPSA) is 49.3 Å². The van der Waals surface area contributed by atoms with Crippen LogP contribution >= 0.6 is 0 Å². The fraction of sp³-hybridized carbons (Fsp3) is 0.364. The van der Waals surface area contributed by atoms with Crippen LogP contribution in [0.1, 0.15) is 19.4 Å². The molecule has 14 heavy (non-hydrogen) atoms. The van der Waals surface area contributed by atoms with Crippen molar-refractivity contribution in [3.63, 3.8) is 0 Å². The minimum atomic E-state index is -0.0208. The number of carbonyl (C=O) groups excluding carboxylic acids is 1. The average molecular weight is 193 g/mol. The number of benzene rings is 1. The summed E-state index contributed by atoms with van der Waals surface area (Å²) in [4.78, 5) is 11.3. The lowest BCUT2D eigenvalue weighted by atomic mass is 10.2. The zero-order chi connectivity index (χ0) is 10.6. The molecule has 0 atom stereocenters. The second-order valence-corrected chi connectivity index (χ2v) is 3.50. The van der Waals surface area contributed by atoms with Crippen molar-refractivity contribution in [3.05, 3.63) is 29.8 Å². The van der Waals surface area contributed by atoms with Gasteiger partial charge in [-0.1, -0.05) is 26.0 Å². The Hall–Kier alpha value is -1.35. The summed E-state index contributed by atoms with van der Waals surface area (Å²) in [5.74, 6) is -0.0192. The van der Waals surface area contributed by atoms with Crippen LogP contribution in [0.3, 0.4) is 0 Å². The van der Waals surface area contributed by atoms with Crippen LogP contribution in [0, 0.1) is 5.92 Å². The van der Waals surface area contributed by atoms with Crippen LogP contribution in [0.4, 0.5) is 5.69 Å². The first-order valence-corrected chi connectivity index (χ1v) is 4.64. The number of nitrogens with one attached hydrogen (secondary N) is 1. The zero-order valence-corrected chi connectivity index (χ0v) is 8.45. The molecule has 0 unspecified atom stereocenters. The quantitative estimate of drug-likeness (QED) is 0.768. The van der Waals surface area contributed by atoms with Gasteiger partial charge in [0.15, 0.2) is 0 Å². The molecule has 0 aliphatic heterocycles. The summed E-state index contributed by atoms with van der Waals surface area (Å²) in [6, 6.07) is 7.14. The van der Waals surface area contributed by atoms with E-state index in [1.807, 2.05) is 13.8 Å². The smallest absolute Gasteiger partial charge is 0.226 e. The van der Waals surface area contributed by atoms with Gasteiger partial charge in [-0.3, -0.25) is 4.79 Å². The van der Waals surface area contributed by atoms with E-state index < -0.39 is 0 Å². The molecule has 0 aliphatic carbocycles. The third-order valence-corrected chi connectivity index (χ3v) is 1.93. The number of anilines is 1. The van der Waals surface area contributed by atoms with E-state index in [9.17, 15) is 4.79 Å². The maximum atomic E-state index is 11.3. The maximum Gasteiger partial charge on any atom is 0.226 e. The summed E-state index contributed by atoms with van der Waals surface area (Å²) < 4.78 is 0. The largest absolute Gasteiger partial charge is 0.392 e. The Morgan fingerprint density at radius 2 is 1.93 bits per heavy atom. The Kier molecular flexibility index (Phi) is 3.65. The summed E-state index contributed by atoms with van der Waals surface area (Å²) in [6.45, 7) is 3.72. The average Bonchev–Trinajstić information content (AvgIpc) is 2.19. The minimum Gasteiger partial charge on any atom is -0.392 e. The third-order valence-electron chi connectivity index (χ3n) is 1.93. The van der Waals surface area contributed by atoms with E-state index in [4.69, 9.17) is 5.11 Å². The van der Waals surface area contributed by atoms with Crippen LogP contribution in [-0.2, 0) is 11.4 Å². The Bertz CT molecular complexity index is 304. The van der Waals surface area contributed by atoms with Gasteiger partial charge in [0.25, 0.3) is 0 Å². The van der Waals surface area contributed by atoms with Crippen LogP contribution in [-0.4, -0.2) is 11.0 Å². The lowest BCUT2D eigenvalue weighted by Crippen LogP contribution is -2.17. The first-order chi connectivity index (χ1) is 6.63. The van der Waals surface area contributed by atoms with Crippen molar-refractivity contribution in [2.75, 3.05) is 5.32 Å². The fourth-order valence-electron chi connectivity index (χ4n) is 0.980. The molecule has 3 heteroatoms. The van der Waals surface area contributed by atoms with E-state index in [0.717, 1.165) is 11.3 Å². The van der Waals surface area contributed by atoms with Gasteiger partial charge in [-0.15, -0.1) is 0 Å². The van der Waals surface area contributed by atoms with E-state index >= 15 is 0 Å². The molecule has 76 valence electrons. The number of hydrogen-bond acceptors (Lipinski definition) is 2. The van der Waals surface area contributed by atoms with Gasteiger partial charge in [0.2, 0.25) is 5.91 Å². The molecule has 0 heterocycles. The Morgan fingerprint density at radius 3 is 2.36 bits per heavy atom. The highest BCUT2D eigenvalue weighted by Crippen LogP contribution is 2.10. The molecule has 1 rings (SSSR count). The van der Waals surface area contributed by atoms with Crippen molar-refractivity contribution in [1.29, 1.82) is 0 Å². The van der Waals surface area contributed by atoms with Crippen molar-refractivity contribution >= 4 is 11.6 Å². The van der Waals surface area contributed by atoms with Gasteiger partial charge in [-0.25, -0.2) is 0 Å². The third kappa shape index (κ3) is 2.85. The zero-order valence-electron chi connectivity index (χ0n) is 8.45. The van der Waals surface area contributed by atoms with E-state index in [2.05, 4.69) is 5.32 Å². The van der Waals surface area contributed by atoms with Crippen molar-refractivity contribution in [2.45, 2.75) is 20.5 Å². The Labute approximate surface area is 83.8 Å². The molecule has 1 aromatic rings. The van der Waals surface area contributed by atoms with Gasteiger partial charge in [0, 0.05) is 11.6 Å². The number of carbonyl (C=O) groups is 1. The summed E-state index contributed by atoms with van der Waals surface area (Å²) in [5, 5.41) is 11.6. The van der Waals surface area contributed by atoms with Crippen molar-refractivity contribution in [3.8, 4) is 0 Å². The predicted octanol–water partition coefficient (Wildman–Crippen LogP) is 1.77. The number of amides is 1. The summed E-state index contributed by atoms with van der Waals surface area (Å²) in [5.41, 5.74) is 1.61. The molecule has 0 fully saturated rings. The highest BCUT2D eigenvalue weighted by atomic mass is 16.3. The van der Waals surface area contributed by atoms with E-state index in [-0.39, 0.29) is 18.4 Å². The number of aliphatic hydroxyl groups is 1. The minimum absolute atomic E-state index is 0.00162. The monoisotopic (exact) mass is 193 g/mol. The molecule has 0 bridgehead atoms. The number of aliphatic hydroxyl groups excluding tert-OH is 1. The molecule has 3 nitrogen and oxygen atoms in total. The second kappa shape index (κ2) is 4.77. The van der Waals surface area contributed by atoms with Crippen molar-refractivity contribution < 1.29 is 9.90 Å². The molecule has 2 N–H and O–H groups in total. The van der Waals surface area contributed by atoms with Crippen LogP contribution in [0.15, 0.2) is 24.3 Å². The lowest BCUT2D eigenvalue weighted by Gasteiger charge is -2.07. The molecular formula is C11H15NO2. The molecule has 0 saturated heterocycles. The van der Waals surface area contributed by atoms with Crippen LogP contribution in [0.2, 0.25) is 0 Å². The lowest BCUT2D eigenvalue weighted by molar-refractivity contribution is -0.118. The van der Waals surface area contributed by atoms with Crippen molar-refractivity contribution in [1.82, 2.24) is 0 Å². The Balaban J connectivity index is 2.64. The maximum absolute atomic E-state index is 11.3. The van der Waals surface area contributed by atoms with E-state index in [1.165, 1.54) is 0 Å². The fourth-order valence-corrected chi connectivity index (χ4v) is 0.980. The molecule has 1 aromatic carbocycles. The van der Waals surface area contributed by atoms with Gasteiger partial charge in [-0.05, 0) is 17.7 Å². The van der Waals surface area contributed by atoms with Gasteiger partial charge >= 0.3 is 0 Å². The van der Waals surface area contributed by atoms with Gasteiger partial charge in [0.1, 0.15) is 0 Å². The standard InChI is InChI=1S/C11H15NO2/c1-8(2)11(14)12-10-5-3-9(7-13)4-6-10/h3-6,8,13H,7H2,1-2H3,(H,12,14). The Morgan fingerprint density at radius 1 is 1.36 bits per heavy atom. The van der Waals surface area contributed by atoms with Gasteiger partial charge < -0.3 is 10.4 Å². The molecule has 0 radical (unpaired) electrons. The number of hydrogen-bond donors (Lipinski definition) is 2. The van der Waals surface area contributed by atoms with Crippen LogP contribution in [0.25, 0.3) is 0 Å². The van der Waals surface area contributed by atoms with Gasteiger partial charge in [0.05, 0.1) is 6.61 Å². The van der Waals surface area contributed by atoms with Crippen LogP contribution in [0.5, 0.6) is 0 Å². The van der Waals surface area contributed by atoms with Crippen molar-refractivity contribution in [2.24, 2.45) is 5.92 Å². The van der Waals surface area contributed by atoms with Gasteiger partial charge in [-0.2, -0.15) is 0 Å². The first-order valence-electron chi connectivity index (χ1n) is 4.64. The normalized spacial score (nSPS) is 10.3. The molecular weight excluding hydrogens is 178 g/mol. The van der Waals surface area contributed by atoms with E-state index in [0.29, 0.717) is 0 Å². The number of rotatable bonds is 3. The van der Waals surface area contributed by atoms with Crippen LogP contribution < -0.4 is 5.32 Å². The highest BCUT2D eigenvalue weighted by Gasteiger charge is 2.06. The first kappa shape index (κ1) is 10.7. The summed E-state index contributed by atoms with van der Waals surface area (Å²) >= 11 is 0. The predicted molar refractivity (Wildman–Crippen MR) is 55.8 cm³/mol. The molecule has 0 saturated carbocycles. The molecule has 0 aliphatic rings. The summed E-state index contributed by atoms with van der Waals surface area (Å²) in [7, 11) is 0. The van der Waals surface area contributed by atoms with E-state index in [1.54, 1.807) is 24.3 Å². The highest BCUT2D eigenvalue weighted by molar-refractivity contribution is 5.91. The SMILES string of the molecule is CC(C)C(=O)Nc1ccc(CO)cc1. The molecule has 0 spiro atoms. The molecule has 0 aromatic heterocycles. The summed E-state index contributed by atoms with van der Waals surface area (Å²) in [6.07, 6.45) is 0. The second-order valence-electron chi connectivity index (χ2n) is 3.50.